The number of benzene rings is 1. The zero-order chi connectivity index (χ0) is 12.4. The number of nitrogen functional groups attached to an aromatic ring is 1. The Morgan fingerprint density at radius 2 is 2.06 bits per heavy atom. The van der Waals surface area contributed by atoms with Crippen LogP contribution in [0.25, 0.3) is 11.3 Å². The molecule has 2 rings (SSSR count). The molecule has 4 nitrogen and oxygen atoms in total. The second kappa shape index (κ2) is 4.73. The first-order chi connectivity index (χ1) is 8.06. The topological polar surface area (TPSA) is 76.2 Å². The van der Waals surface area contributed by atoms with E-state index < -0.39 is 5.97 Å². The molecule has 1 heterocycles. The van der Waals surface area contributed by atoms with Gasteiger partial charge in [0.25, 0.3) is 0 Å². The summed E-state index contributed by atoms with van der Waals surface area (Å²) in [5.74, 6) is -0.899. The number of carbonyl (C=O) groups is 1. The van der Waals surface area contributed by atoms with Gasteiger partial charge in [-0.1, -0.05) is 23.7 Å². The fourth-order valence-electron chi connectivity index (χ4n) is 1.46. The molecule has 0 aliphatic carbocycles. The van der Waals surface area contributed by atoms with Gasteiger partial charge in [-0.15, -0.1) is 11.3 Å². The van der Waals surface area contributed by atoms with Crippen molar-refractivity contribution in [3.63, 3.8) is 0 Å². The zero-order valence-electron chi connectivity index (χ0n) is 8.68. The lowest BCUT2D eigenvalue weighted by atomic mass is 10.1. The molecule has 0 radical (unpaired) electrons. The van der Waals surface area contributed by atoms with Gasteiger partial charge in [0.2, 0.25) is 0 Å². The van der Waals surface area contributed by atoms with Crippen LogP contribution in [0, 0.1) is 0 Å². The molecule has 1 aromatic heterocycles. The number of halogens is 1. The van der Waals surface area contributed by atoms with Crippen LogP contribution in [0.5, 0.6) is 0 Å². The minimum atomic E-state index is -0.899. The summed E-state index contributed by atoms with van der Waals surface area (Å²) < 4.78 is 0. The maximum atomic E-state index is 10.7. The van der Waals surface area contributed by atoms with Crippen LogP contribution >= 0.6 is 22.9 Å². The van der Waals surface area contributed by atoms with E-state index in [1.54, 1.807) is 24.3 Å². The third kappa shape index (κ3) is 2.75. The molecular formula is C11H9ClN2O2S. The van der Waals surface area contributed by atoms with E-state index in [4.69, 9.17) is 22.4 Å². The van der Waals surface area contributed by atoms with Crippen LogP contribution < -0.4 is 5.73 Å². The van der Waals surface area contributed by atoms with Gasteiger partial charge in [0.1, 0.15) is 0 Å². The van der Waals surface area contributed by atoms with Crippen molar-refractivity contribution in [3.05, 3.63) is 34.2 Å². The Balaban J connectivity index is 2.43. The fraction of sp³-hybridized carbons (Fsp3) is 0.0909. The van der Waals surface area contributed by atoms with Crippen LogP contribution in [0.1, 0.15) is 4.88 Å². The van der Waals surface area contributed by atoms with Crippen LogP contribution in [-0.4, -0.2) is 16.1 Å². The van der Waals surface area contributed by atoms with Crippen LogP contribution in [0.2, 0.25) is 5.02 Å². The van der Waals surface area contributed by atoms with Crippen molar-refractivity contribution in [2.75, 3.05) is 5.73 Å². The number of carboxylic acids is 1. The molecule has 2 aromatic rings. The van der Waals surface area contributed by atoms with Crippen LogP contribution in [0.4, 0.5) is 5.13 Å². The number of aliphatic carboxylic acids is 1. The Morgan fingerprint density at radius 3 is 2.65 bits per heavy atom. The molecule has 0 fully saturated rings. The van der Waals surface area contributed by atoms with Crippen molar-refractivity contribution < 1.29 is 9.90 Å². The van der Waals surface area contributed by atoms with Crippen molar-refractivity contribution in [2.45, 2.75) is 6.42 Å². The molecular weight excluding hydrogens is 260 g/mol. The average molecular weight is 269 g/mol. The summed E-state index contributed by atoms with van der Waals surface area (Å²) >= 11 is 6.99. The van der Waals surface area contributed by atoms with E-state index in [9.17, 15) is 4.79 Å². The van der Waals surface area contributed by atoms with Gasteiger partial charge in [0, 0.05) is 15.5 Å². The first kappa shape index (κ1) is 11.9. The summed E-state index contributed by atoms with van der Waals surface area (Å²) in [6.07, 6.45) is -0.0766. The third-order valence-corrected chi connectivity index (χ3v) is 3.28. The van der Waals surface area contributed by atoms with E-state index in [0.717, 1.165) is 5.56 Å². The molecule has 0 spiro atoms. The largest absolute Gasteiger partial charge is 0.481 e. The Kier molecular flexibility index (Phi) is 3.31. The van der Waals surface area contributed by atoms with E-state index in [1.165, 1.54) is 11.3 Å². The van der Waals surface area contributed by atoms with Gasteiger partial charge in [-0.3, -0.25) is 4.79 Å². The highest BCUT2D eigenvalue weighted by Crippen LogP contribution is 2.30. The minimum Gasteiger partial charge on any atom is -0.481 e. The van der Waals surface area contributed by atoms with Crippen molar-refractivity contribution in [1.82, 2.24) is 4.98 Å². The predicted molar refractivity (Wildman–Crippen MR) is 68.3 cm³/mol. The number of anilines is 1. The van der Waals surface area contributed by atoms with Gasteiger partial charge in [0.15, 0.2) is 5.13 Å². The van der Waals surface area contributed by atoms with Gasteiger partial charge in [-0.2, -0.15) is 0 Å². The number of thiazole rings is 1. The van der Waals surface area contributed by atoms with Crippen LogP contribution in [0.3, 0.4) is 0 Å². The Labute approximate surface area is 107 Å². The second-order valence-electron chi connectivity index (χ2n) is 3.40. The third-order valence-electron chi connectivity index (χ3n) is 2.14. The number of hydrogen-bond donors (Lipinski definition) is 2. The Morgan fingerprint density at radius 1 is 1.41 bits per heavy atom. The quantitative estimate of drug-likeness (QED) is 0.897. The molecule has 17 heavy (non-hydrogen) atoms. The molecule has 3 N–H and O–H groups in total. The minimum absolute atomic E-state index is 0.0766. The predicted octanol–water partition coefficient (Wildman–Crippen LogP) is 2.67. The zero-order valence-corrected chi connectivity index (χ0v) is 10.3. The molecule has 0 unspecified atom stereocenters. The molecule has 0 bridgehead atoms. The summed E-state index contributed by atoms with van der Waals surface area (Å²) in [6, 6.07) is 7.05. The van der Waals surface area contributed by atoms with E-state index in [2.05, 4.69) is 4.98 Å². The standard InChI is InChI=1S/C11H9ClN2O2S/c12-7-3-1-6(2-4-7)10-8(5-9(15)16)17-11(13)14-10/h1-4H,5H2,(H2,13,14)(H,15,16). The smallest absolute Gasteiger partial charge is 0.308 e. The number of nitrogens with zero attached hydrogens (tertiary/aromatic N) is 1. The lowest BCUT2D eigenvalue weighted by molar-refractivity contribution is -0.136. The second-order valence-corrected chi connectivity index (χ2v) is 4.95. The average Bonchev–Trinajstić information content (AvgIpc) is 2.59. The number of nitrogens with two attached hydrogens (primary N) is 1. The van der Waals surface area contributed by atoms with E-state index in [-0.39, 0.29) is 6.42 Å². The van der Waals surface area contributed by atoms with Gasteiger partial charge in [-0.05, 0) is 12.1 Å². The molecule has 0 aliphatic heterocycles. The van der Waals surface area contributed by atoms with Gasteiger partial charge < -0.3 is 10.8 Å². The number of hydrogen-bond acceptors (Lipinski definition) is 4. The molecule has 88 valence electrons. The first-order valence-corrected chi connectivity index (χ1v) is 5.98. The molecule has 0 amide bonds. The Bertz CT molecular complexity index is 551. The molecule has 0 saturated heterocycles. The highest BCUT2D eigenvalue weighted by molar-refractivity contribution is 7.15. The van der Waals surface area contributed by atoms with Crippen molar-refractivity contribution in [1.29, 1.82) is 0 Å². The SMILES string of the molecule is Nc1nc(-c2ccc(Cl)cc2)c(CC(=O)O)s1. The summed E-state index contributed by atoms with van der Waals surface area (Å²) in [5.41, 5.74) is 7.05. The maximum Gasteiger partial charge on any atom is 0.308 e. The maximum absolute atomic E-state index is 10.7. The highest BCUT2D eigenvalue weighted by Gasteiger charge is 2.14. The fourth-order valence-corrected chi connectivity index (χ4v) is 2.43. The molecule has 0 atom stereocenters. The van der Waals surface area contributed by atoms with E-state index in [1.807, 2.05) is 0 Å². The van der Waals surface area contributed by atoms with E-state index >= 15 is 0 Å². The van der Waals surface area contributed by atoms with E-state index in [0.29, 0.717) is 20.7 Å². The van der Waals surface area contributed by atoms with Crippen molar-refractivity contribution >= 4 is 34.0 Å². The lowest BCUT2D eigenvalue weighted by Crippen LogP contribution is -1.99. The summed E-state index contributed by atoms with van der Waals surface area (Å²) in [4.78, 5) is 15.5. The van der Waals surface area contributed by atoms with Crippen LogP contribution in [-0.2, 0) is 11.2 Å². The normalized spacial score (nSPS) is 10.4. The number of aromatic nitrogens is 1. The summed E-state index contributed by atoms with van der Waals surface area (Å²) in [5, 5.41) is 9.80. The summed E-state index contributed by atoms with van der Waals surface area (Å²) in [6.45, 7) is 0. The number of rotatable bonds is 3. The van der Waals surface area contributed by atoms with Crippen LogP contribution in [0.15, 0.2) is 24.3 Å². The monoisotopic (exact) mass is 268 g/mol. The first-order valence-electron chi connectivity index (χ1n) is 4.79. The van der Waals surface area contributed by atoms with Gasteiger partial charge in [0.05, 0.1) is 12.1 Å². The Hall–Kier alpha value is -1.59. The number of carboxylic acid groups (broad SMARTS) is 1. The van der Waals surface area contributed by atoms with Crippen molar-refractivity contribution in [2.24, 2.45) is 0 Å². The molecule has 0 aliphatic rings. The summed E-state index contributed by atoms with van der Waals surface area (Å²) in [7, 11) is 0. The van der Waals surface area contributed by atoms with Gasteiger partial charge >= 0.3 is 5.97 Å². The highest BCUT2D eigenvalue weighted by atomic mass is 35.5. The van der Waals surface area contributed by atoms with Crippen molar-refractivity contribution in [3.8, 4) is 11.3 Å². The molecule has 0 saturated carbocycles. The van der Waals surface area contributed by atoms with Gasteiger partial charge in [-0.25, -0.2) is 4.98 Å². The lowest BCUT2D eigenvalue weighted by Gasteiger charge is -2.00. The molecule has 1 aromatic carbocycles. The molecule has 6 heteroatoms.